The number of carbonyl (C=O) groups is 3. The lowest BCUT2D eigenvalue weighted by atomic mass is 10.2. The molecule has 22 heavy (non-hydrogen) atoms. The summed E-state index contributed by atoms with van der Waals surface area (Å²) in [5, 5.41) is 7.89. The minimum Gasteiger partial charge on any atom is -0.478 e. The molecule has 124 valence electrons. The number of ether oxygens (including phenoxy) is 2. The van der Waals surface area contributed by atoms with E-state index in [1.165, 1.54) is 13.0 Å². The van der Waals surface area contributed by atoms with Crippen molar-refractivity contribution in [2.24, 2.45) is 0 Å². The highest BCUT2D eigenvalue weighted by Crippen LogP contribution is 2.43. The molecule has 1 saturated heterocycles. The van der Waals surface area contributed by atoms with Crippen molar-refractivity contribution in [1.29, 1.82) is 0 Å². The molecule has 0 aromatic carbocycles. The second-order valence-electron chi connectivity index (χ2n) is 5.15. The molecule has 1 N–H and O–H groups in total. The van der Waals surface area contributed by atoms with Crippen LogP contribution in [0.4, 0.5) is 0 Å². The van der Waals surface area contributed by atoms with Crippen molar-refractivity contribution in [1.82, 2.24) is 0 Å². The Labute approximate surface area is 130 Å². The normalized spacial score (nSPS) is 19.1. The highest BCUT2D eigenvalue weighted by molar-refractivity contribution is 5.84. The predicted molar refractivity (Wildman–Crippen MR) is 81.4 cm³/mol. The van der Waals surface area contributed by atoms with Crippen LogP contribution in [0.5, 0.6) is 0 Å². The number of esters is 1. The fourth-order valence-corrected chi connectivity index (χ4v) is 1.39. The second-order valence-corrected chi connectivity index (χ2v) is 5.15. The summed E-state index contributed by atoms with van der Waals surface area (Å²) in [6, 6.07) is 0. The van der Waals surface area contributed by atoms with E-state index < -0.39 is 5.97 Å². The second kappa shape index (κ2) is 9.89. The molecule has 1 aliphatic heterocycles. The van der Waals surface area contributed by atoms with Gasteiger partial charge in [0.2, 0.25) is 0 Å². The zero-order valence-electron chi connectivity index (χ0n) is 13.2. The van der Waals surface area contributed by atoms with E-state index in [1.54, 1.807) is 0 Å². The minimum absolute atomic E-state index is 0.0463. The maximum absolute atomic E-state index is 10.8. The molecular weight excluding hydrogens is 288 g/mol. The third-order valence-corrected chi connectivity index (χ3v) is 2.87. The molecule has 2 fully saturated rings. The summed E-state index contributed by atoms with van der Waals surface area (Å²) in [5.41, 5.74) is 0.0787. The van der Waals surface area contributed by atoms with Crippen molar-refractivity contribution in [2.45, 2.75) is 51.2 Å². The Balaban J connectivity index is 0.000000337. The van der Waals surface area contributed by atoms with Crippen molar-refractivity contribution < 1.29 is 29.0 Å². The first kappa shape index (κ1) is 20.1. The number of carbonyl (C=O) groups excluding carboxylic acids is 2. The molecule has 2 rings (SSSR count). The average Bonchev–Trinajstić information content (AvgIpc) is 3.36. The molecule has 1 unspecified atom stereocenters. The fraction of sp³-hybridized carbons (Fsp3) is 0.562. The molecule has 6 nitrogen and oxygen atoms in total. The van der Waals surface area contributed by atoms with Gasteiger partial charge in [0.05, 0.1) is 6.61 Å². The average molecular weight is 312 g/mol. The van der Waals surface area contributed by atoms with Crippen LogP contribution in [-0.2, 0) is 23.9 Å². The molecule has 1 atom stereocenters. The number of aliphatic carboxylic acids is 1. The van der Waals surface area contributed by atoms with Gasteiger partial charge >= 0.3 is 11.9 Å². The minimum atomic E-state index is -0.935. The van der Waals surface area contributed by atoms with E-state index in [-0.39, 0.29) is 23.2 Å². The van der Waals surface area contributed by atoms with Crippen LogP contribution < -0.4 is 0 Å². The van der Waals surface area contributed by atoms with Gasteiger partial charge in [-0.25, -0.2) is 9.59 Å². The van der Waals surface area contributed by atoms with E-state index in [1.807, 2.05) is 0 Å². The fourth-order valence-electron chi connectivity index (χ4n) is 1.39. The summed E-state index contributed by atoms with van der Waals surface area (Å²) in [4.78, 5) is 29.8. The quantitative estimate of drug-likeness (QED) is 0.350. The summed E-state index contributed by atoms with van der Waals surface area (Å²) < 4.78 is 9.67. The molecular formula is C16H24O6. The van der Waals surface area contributed by atoms with Crippen molar-refractivity contribution in [3.05, 3.63) is 24.8 Å². The zero-order chi connectivity index (χ0) is 17.2. The van der Waals surface area contributed by atoms with E-state index in [2.05, 4.69) is 24.8 Å². The first-order valence-electron chi connectivity index (χ1n) is 7.11. The van der Waals surface area contributed by atoms with Crippen LogP contribution in [0.15, 0.2) is 24.8 Å². The topological polar surface area (TPSA) is 93.2 Å². The van der Waals surface area contributed by atoms with Crippen LogP contribution in [-0.4, -0.2) is 41.6 Å². The molecule has 0 aromatic heterocycles. The molecule has 1 heterocycles. The van der Waals surface area contributed by atoms with Crippen LogP contribution in [0.2, 0.25) is 0 Å². The molecule has 0 aromatic rings. The largest absolute Gasteiger partial charge is 0.478 e. The Kier molecular flexibility index (Phi) is 9.01. The highest BCUT2D eigenvalue weighted by Gasteiger charge is 2.45. The Morgan fingerprint density at radius 2 is 1.95 bits per heavy atom. The van der Waals surface area contributed by atoms with Gasteiger partial charge in [0.25, 0.3) is 0 Å². The van der Waals surface area contributed by atoms with Gasteiger partial charge in [-0.05, 0) is 26.2 Å². The van der Waals surface area contributed by atoms with Crippen molar-refractivity contribution in [3.8, 4) is 0 Å². The van der Waals surface area contributed by atoms with Crippen molar-refractivity contribution in [2.75, 3.05) is 6.61 Å². The zero-order valence-corrected chi connectivity index (χ0v) is 13.2. The lowest BCUT2D eigenvalue weighted by Crippen LogP contribution is -2.17. The molecule has 0 radical (unpaired) electrons. The Morgan fingerprint density at radius 3 is 2.14 bits per heavy atom. The summed E-state index contributed by atoms with van der Waals surface area (Å²) in [5.74, 6) is -1.22. The molecule has 1 aliphatic carbocycles. The van der Waals surface area contributed by atoms with Crippen LogP contribution in [0.25, 0.3) is 0 Å². The van der Waals surface area contributed by atoms with Crippen molar-refractivity contribution >= 4 is 18.2 Å². The SMILES string of the molecule is C=C(C)C(=O)O.C=CC(=O)OC1(CCC)CC1.O=CC1CO1. The summed E-state index contributed by atoms with van der Waals surface area (Å²) in [6.07, 6.45) is 6.11. The molecule has 2 aliphatic rings. The number of aldehydes is 1. The molecule has 0 spiro atoms. The number of hydrogen-bond donors (Lipinski definition) is 1. The molecule has 1 saturated carbocycles. The Hall–Kier alpha value is -1.95. The van der Waals surface area contributed by atoms with Gasteiger partial charge in [0.15, 0.2) is 6.29 Å². The summed E-state index contributed by atoms with van der Waals surface area (Å²) >= 11 is 0. The first-order valence-corrected chi connectivity index (χ1v) is 7.11. The van der Waals surface area contributed by atoms with Crippen LogP contribution >= 0.6 is 0 Å². The van der Waals surface area contributed by atoms with Gasteiger partial charge in [0, 0.05) is 11.6 Å². The lowest BCUT2D eigenvalue weighted by Gasteiger charge is -2.13. The van der Waals surface area contributed by atoms with Gasteiger partial charge in [-0.15, -0.1) is 0 Å². The van der Waals surface area contributed by atoms with Crippen molar-refractivity contribution in [3.63, 3.8) is 0 Å². The van der Waals surface area contributed by atoms with E-state index >= 15 is 0 Å². The molecule has 6 heteroatoms. The van der Waals surface area contributed by atoms with Gasteiger partial charge in [-0.2, -0.15) is 0 Å². The smallest absolute Gasteiger partial charge is 0.330 e. The van der Waals surface area contributed by atoms with Crippen LogP contribution in [0.3, 0.4) is 0 Å². The maximum atomic E-state index is 10.8. The Bertz CT molecular complexity index is 406. The van der Waals surface area contributed by atoms with Gasteiger partial charge in [0.1, 0.15) is 11.7 Å². The first-order chi connectivity index (χ1) is 10.3. The predicted octanol–water partition coefficient (Wildman–Crippen LogP) is 2.28. The third kappa shape index (κ3) is 9.88. The van der Waals surface area contributed by atoms with Gasteiger partial charge < -0.3 is 19.4 Å². The van der Waals surface area contributed by atoms with Crippen LogP contribution in [0, 0.1) is 0 Å². The van der Waals surface area contributed by atoms with Gasteiger partial charge in [-0.1, -0.05) is 26.5 Å². The lowest BCUT2D eigenvalue weighted by molar-refractivity contribution is -0.145. The van der Waals surface area contributed by atoms with E-state index in [4.69, 9.17) is 9.84 Å². The summed E-state index contributed by atoms with van der Waals surface area (Å²) in [7, 11) is 0. The number of hydrogen-bond acceptors (Lipinski definition) is 5. The number of carboxylic acids is 1. The number of carboxylic acid groups (broad SMARTS) is 1. The standard InChI is InChI=1S/C9H14O2.C4H6O2.C3H4O2/c1-3-5-9(6-7-9)11-8(10)4-2;1-3(2)4(5)6;4-1-3-2-5-3/h4H,2-3,5-7H2,1H3;1H2,2H3,(H,5,6);1,3H,2H2. The Morgan fingerprint density at radius 1 is 1.45 bits per heavy atom. The maximum Gasteiger partial charge on any atom is 0.330 e. The van der Waals surface area contributed by atoms with E-state index in [9.17, 15) is 14.4 Å². The highest BCUT2D eigenvalue weighted by atomic mass is 16.6. The van der Waals surface area contributed by atoms with E-state index in [0.717, 1.165) is 32.0 Å². The summed E-state index contributed by atoms with van der Waals surface area (Å²) in [6.45, 7) is 10.7. The monoisotopic (exact) mass is 312 g/mol. The van der Waals surface area contributed by atoms with E-state index in [0.29, 0.717) is 6.61 Å². The molecule has 0 bridgehead atoms. The number of epoxide rings is 1. The third-order valence-electron chi connectivity index (χ3n) is 2.87. The molecule has 0 amide bonds. The van der Waals surface area contributed by atoms with Gasteiger partial charge in [-0.3, -0.25) is 0 Å². The van der Waals surface area contributed by atoms with Crippen LogP contribution in [0.1, 0.15) is 39.5 Å². The number of rotatable bonds is 6.